The van der Waals surface area contributed by atoms with Crippen LogP contribution in [0.15, 0.2) is 102 Å². The topological polar surface area (TPSA) is 140 Å². The number of carbonyl (C=O) groups is 4. The summed E-state index contributed by atoms with van der Waals surface area (Å²) < 4.78 is 35.6. The van der Waals surface area contributed by atoms with Crippen LogP contribution in [0.2, 0.25) is 0 Å². The number of imide groups is 1. The molecule has 1 aliphatic heterocycles. The molecule has 244 valence electrons. The van der Waals surface area contributed by atoms with Crippen molar-refractivity contribution < 1.29 is 54.3 Å². The molecule has 3 aromatic carbocycles. The number of carboxylic acids is 1. The van der Waals surface area contributed by atoms with Crippen molar-refractivity contribution in [2.75, 3.05) is 6.61 Å². The molecule has 0 unspecified atom stereocenters. The zero-order valence-corrected chi connectivity index (χ0v) is 25.7. The minimum atomic E-state index is -1.90. The first-order chi connectivity index (χ1) is 22.2. The second-order valence-electron chi connectivity index (χ2n) is 10.4. The third-order valence-corrected chi connectivity index (χ3v) is 7.46. The fourth-order valence-electron chi connectivity index (χ4n) is 5.27. The van der Waals surface area contributed by atoms with Crippen molar-refractivity contribution in [3.63, 3.8) is 0 Å². The van der Waals surface area contributed by atoms with E-state index in [1.165, 1.54) is 25.3 Å². The van der Waals surface area contributed by atoms with E-state index in [9.17, 15) is 24.3 Å². The Bertz CT molecular complexity index is 1790. The van der Waals surface area contributed by atoms with Crippen molar-refractivity contribution in [3.8, 4) is 0 Å². The Morgan fingerprint density at radius 2 is 1.64 bits per heavy atom. The third-order valence-electron chi connectivity index (χ3n) is 7.46. The molecule has 0 bridgehead atoms. The second-order valence-corrected chi connectivity index (χ2v) is 10.4. The number of pyridine rings is 1. The molecule has 4 aromatic rings. The van der Waals surface area contributed by atoms with E-state index in [0.29, 0.717) is 5.56 Å². The predicted octanol–water partition coefficient (Wildman–Crippen LogP) is 6.36. The zero-order valence-electron chi connectivity index (χ0n) is 24.7. The molecule has 1 N–H and O–H groups in total. The van der Waals surface area contributed by atoms with E-state index < -0.39 is 65.5 Å². The van der Waals surface area contributed by atoms with Gasteiger partial charge in [0.05, 0.1) is 5.69 Å². The molecule has 5 rings (SSSR count). The third kappa shape index (κ3) is 7.75. The molecule has 10 nitrogen and oxygen atoms in total. The van der Waals surface area contributed by atoms with Gasteiger partial charge in [-0.15, -0.1) is 5.69 Å². The molecule has 0 aliphatic carbocycles. The van der Waals surface area contributed by atoms with Gasteiger partial charge in [0, 0.05) is 46.3 Å². The molecular weight excluding hydrogens is 657 g/mol. The standard InChI is InChI=1S/C34H28F2N4O6.Ni/c1-20(22-12-5-6-15-26(22)39-32(42)27-16-7-8-17-37-27)38-31(33(43)44)23(30-24(35)13-9-14-25(30)36)18-29(41)40-28(19-46-34(40)45)21-10-3-2-4-11-21;/h2-17,23,28,31H,18-19H2,1H3,(H2,38,39,42,43,44);/p-1/t23-,28-,31+;/m1./s1. The molecule has 2 heterocycles. The van der Waals surface area contributed by atoms with Crippen molar-refractivity contribution in [3.05, 3.63) is 137 Å². The first-order valence-corrected chi connectivity index (χ1v) is 14.2. The average Bonchev–Trinajstić information content (AvgIpc) is 3.45. The maximum atomic E-state index is 15.2. The summed E-state index contributed by atoms with van der Waals surface area (Å²) in [7, 11) is 0. The maximum absolute atomic E-state index is 15.2. The number of carbonyl (C=O) groups excluding carboxylic acids is 3. The van der Waals surface area contributed by atoms with Gasteiger partial charge in [-0.3, -0.25) is 14.8 Å². The molecular formula is C34H27F2N4NiO6-. The number of aliphatic carboxylic acids is 1. The number of aliphatic imine (C=N–C) groups is 1. The van der Waals surface area contributed by atoms with Gasteiger partial charge < -0.3 is 20.0 Å². The van der Waals surface area contributed by atoms with Crippen molar-refractivity contribution in [1.29, 1.82) is 0 Å². The number of hydrogen-bond donors (Lipinski definition) is 1. The Kier molecular flexibility index (Phi) is 11.3. The van der Waals surface area contributed by atoms with Crippen LogP contribution in [0.25, 0.3) is 5.32 Å². The van der Waals surface area contributed by atoms with E-state index in [4.69, 9.17) is 4.74 Å². The molecule has 0 radical (unpaired) electrons. The number of ether oxygens (including phenoxy) is 1. The first kappa shape index (κ1) is 34.6. The number of benzene rings is 3. The minimum Gasteiger partial charge on any atom is -0.621 e. The van der Waals surface area contributed by atoms with Crippen LogP contribution in [0.1, 0.15) is 52.5 Å². The Labute approximate surface area is 278 Å². The fourth-order valence-corrected chi connectivity index (χ4v) is 5.27. The molecule has 1 aliphatic rings. The molecule has 47 heavy (non-hydrogen) atoms. The largest absolute Gasteiger partial charge is 0.621 e. The van der Waals surface area contributed by atoms with Crippen LogP contribution in [-0.2, 0) is 30.8 Å². The van der Waals surface area contributed by atoms with E-state index in [1.807, 2.05) is 0 Å². The van der Waals surface area contributed by atoms with Gasteiger partial charge in [0.15, 0.2) is 6.04 Å². The number of carboxylic acid groups (broad SMARTS) is 1. The van der Waals surface area contributed by atoms with Crippen LogP contribution in [0.4, 0.5) is 19.3 Å². The van der Waals surface area contributed by atoms with Crippen LogP contribution in [0.3, 0.4) is 0 Å². The number of aromatic nitrogens is 1. The van der Waals surface area contributed by atoms with Crippen LogP contribution >= 0.6 is 0 Å². The molecule has 1 aromatic heterocycles. The quantitative estimate of drug-likeness (QED) is 0.152. The Balaban J connectivity index is 0.00000500. The number of cyclic esters (lactones) is 1. The number of para-hydroxylation sites is 1. The van der Waals surface area contributed by atoms with E-state index in [-0.39, 0.29) is 45.8 Å². The van der Waals surface area contributed by atoms with E-state index in [0.717, 1.165) is 23.1 Å². The second kappa shape index (κ2) is 15.3. The molecule has 1 fully saturated rings. The Hall–Kier alpha value is -5.29. The van der Waals surface area contributed by atoms with Gasteiger partial charge >= 0.3 is 12.1 Å². The van der Waals surface area contributed by atoms with Crippen LogP contribution in [0, 0.1) is 11.6 Å². The van der Waals surface area contributed by atoms with Crippen molar-refractivity contribution in [1.82, 2.24) is 9.88 Å². The minimum absolute atomic E-state index is 0. The van der Waals surface area contributed by atoms with Crippen LogP contribution in [0.5, 0.6) is 0 Å². The zero-order chi connectivity index (χ0) is 32.8. The van der Waals surface area contributed by atoms with Gasteiger partial charge in [-0.2, -0.15) is 0 Å². The molecule has 13 heteroatoms. The maximum Gasteiger partial charge on any atom is 0.417 e. The van der Waals surface area contributed by atoms with Gasteiger partial charge in [0.25, 0.3) is 0 Å². The SMILES string of the molecule is CC(=N[C@H](C(=O)O)[C@H](CC(=O)N1C(=O)OC[C@@H]1c1ccccc1)c1c(F)cccc1F)c1ccccc1[N-]C(=O)c1ccccn1.[Ni]. The number of halogens is 2. The van der Waals surface area contributed by atoms with Crippen LogP contribution in [-0.4, -0.2) is 57.2 Å². The Morgan fingerprint density at radius 1 is 0.979 bits per heavy atom. The van der Waals surface area contributed by atoms with Crippen LogP contribution < -0.4 is 0 Å². The monoisotopic (exact) mass is 683 g/mol. The van der Waals surface area contributed by atoms with Crippen molar-refractivity contribution in [2.24, 2.45) is 4.99 Å². The summed E-state index contributed by atoms with van der Waals surface area (Å²) in [6.07, 6.45) is -0.327. The summed E-state index contributed by atoms with van der Waals surface area (Å²) in [5.41, 5.74) is 0.477. The Morgan fingerprint density at radius 3 is 2.30 bits per heavy atom. The number of hydrogen-bond acceptors (Lipinski definition) is 7. The fraction of sp³-hybridized carbons (Fsp3) is 0.176. The summed E-state index contributed by atoms with van der Waals surface area (Å²) >= 11 is 0. The molecule has 3 amide bonds. The smallest absolute Gasteiger partial charge is 0.417 e. The first-order valence-electron chi connectivity index (χ1n) is 14.2. The molecule has 0 spiro atoms. The molecule has 0 saturated carbocycles. The van der Waals surface area contributed by atoms with Gasteiger partial charge in [0.2, 0.25) is 5.91 Å². The average molecular weight is 684 g/mol. The van der Waals surface area contributed by atoms with E-state index >= 15 is 8.78 Å². The molecule has 3 atom stereocenters. The van der Waals surface area contributed by atoms with E-state index in [1.54, 1.807) is 60.7 Å². The van der Waals surface area contributed by atoms with E-state index in [2.05, 4.69) is 15.3 Å². The summed E-state index contributed by atoms with van der Waals surface area (Å²) in [5, 5.41) is 14.5. The number of amides is 3. The van der Waals surface area contributed by atoms with Crippen molar-refractivity contribution >= 4 is 35.3 Å². The molecule has 1 saturated heterocycles. The van der Waals surface area contributed by atoms with Gasteiger partial charge in [-0.1, -0.05) is 66.7 Å². The summed E-state index contributed by atoms with van der Waals surface area (Å²) in [4.78, 5) is 61.1. The predicted molar refractivity (Wildman–Crippen MR) is 163 cm³/mol. The normalized spacial score (nSPS) is 15.6. The van der Waals surface area contributed by atoms with Gasteiger partial charge in [0.1, 0.15) is 30.2 Å². The summed E-state index contributed by atoms with van der Waals surface area (Å²) in [5.74, 6) is -7.00. The summed E-state index contributed by atoms with van der Waals surface area (Å²) in [6.45, 7) is 1.31. The van der Waals surface area contributed by atoms with Gasteiger partial charge in [-0.05, 0) is 42.3 Å². The number of nitrogens with zero attached hydrogens (tertiary/aromatic N) is 4. The number of rotatable bonds is 10. The summed E-state index contributed by atoms with van der Waals surface area (Å²) in [6, 6.07) is 19.9. The van der Waals surface area contributed by atoms with Gasteiger partial charge in [-0.25, -0.2) is 23.3 Å². The van der Waals surface area contributed by atoms with Crippen molar-refractivity contribution in [2.45, 2.75) is 31.3 Å².